The second kappa shape index (κ2) is 11.1. The average Bonchev–Trinajstić information content (AvgIpc) is 2.93. The Morgan fingerprint density at radius 1 is 0.541 bits per heavy atom. The van der Waals surface area contributed by atoms with E-state index in [0.29, 0.717) is 0 Å². The topological polar surface area (TPSA) is 51.6 Å². The molecule has 0 unspecified atom stereocenters. The molecule has 0 aliphatic heterocycles. The van der Waals surface area contributed by atoms with Crippen molar-refractivity contribution < 1.29 is 0 Å². The first kappa shape index (κ1) is 25.5. The number of rotatable bonds is 3. The summed E-state index contributed by atoms with van der Waals surface area (Å²) in [6.45, 7) is 0. The van der Waals surface area contributed by atoms with Gasteiger partial charge in [0.05, 0.1) is 5.52 Å². The van der Waals surface area contributed by atoms with Crippen LogP contribution in [0.1, 0.15) is 0 Å². The zero-order chi connectivity index (χ0) is 25.8. The molecule has 0 bridgehead atoms. The SMILES string of the molecule is Brc1ccc2nccc(-c3ccncc3)c2c1.[CH3][Sn]([CH3])([CH3])[c]1ccc2nccc(-c3ccncc3)c2c1. The maximum absolute atomic E-state index is 4.50. The second-order valence-corrected chi connectivity index (χ2v) is 25.2. The second-order valence-electron chi connectivity index (χ2n) is 9.83. The number of benzene rings is 2. The van der Waals surface area contributed by atoms with Gasteiger partial charge in [0, 0.05) is 28.4 Å². The van der Waals surface area contributed by atoms with Gasteiger partial charge in [-0.05, 0) is 47.5 Å². The third kappa shape index (κ3) is 5.89. The third-order valence-electron chi connectivity index (χ3n) is 6.29. The van der Waals surface area contributed by atoms with Crippen molar-refractivity contribution in [3.05, 3.63) is 114 Å². The van der Waals surface area contributed by atoms with Gasteiger partial charge < -0.3 is 0 Å². The number of aromatic nitrogens is 4. The fraction of sp³-hybridized carbons (Fsp3) is 0.0968. The molecule has 0 amide bonds. The van der Waals surface area contributed by atoms with Gasteiger partial charge in [0.2, 0.25) is 0 Å². The molecule has 0 atom stereocenters. The average molecular weight is 654 g/mol. The molecule has 0 saturated heterocycles. The third-order valence-corrected chi connectivity index (χ3v) is 12.6. The predicted octanol–water partition coefficient (Wildman–Crippen LogP) is 7.90. The van der Waals surface area contributed by atoms with Gasteiger partial charge in [-0.1, -0.05) is 15.9 Å². The number of halogens is 1. The van der Waals surface area contributed by atoms with Crippen molar-refractivity contribution in [2.45, 2.75) is 14.8 Å². The molecule has 6 aromatic rings. The van der Waals surface area contributed by atoms with Crippen LogP contribution < -0.4 is 3.58 Å². The molecule has 0 saturated carbocycles. The maximum atomic E-state index is 4.50. The molecular formula is C31H27BrN4Sn. The summed E-state index contributed by atoms with van der Waals surface area (Å²) < 4.78 is 2.60. The van der Waals surface area contributed by atoms with Crippen LogP contribution in [0.2, 0.25) is 14.8 Å². The molecule has 0 aliphatic rings. The van der Waals surface area contributed by atoms with Crippen LogP contribution in [0.4, 0.5) is 0 Å². The van der Waals surface area contributed by atoms with Crippen LogP contribution in [0.25, 0.3) is 44.1 Å². The number of hydrogen-bond donors (Lipinski definition) is 0. The summed E-state index contributed by atoms with van der Waals surface area (Å²) in [5.74, 6) is 0. The molecular weight excluding hydrogens is 627 g/mol. The molecule has 0 fully saturated rings. The van der Waals surface area contributed by atoms with E-state index in [-0.39, 0.29) is 0 Å². The van der Waals surface area contributed by atoms with E-state index in [0.717, 1.165) is 26.5 Å². The Hall–Kier alpha value is -3.16. The Morgan fingerprint density at radius 2 is 1.03 bits per heavy atom. The summed E-state index contributed by atoms with van der Waals surface area (Å²) in [4.78, 5) is 24.3. The molecule has 2 aromatic carbocycles. The number of hydrogen-bond acceptors (Lipinski definition) is 4. The van der Waals surface area contributed by atoms with Crippen LogP contribution in [-0.4, -0.2) is 38.3 Å². The van der Waals surface area contributed by atoms with Gasteiger partial charge in [0.1, 0.15) is 0 Å². The predicted molar refractivity (Wildman–Crippen MR) is 161 cm³/mol. The van der Waals surface area contributed by atoms with Crippen LogP contribution in [0.3, 0.4) is 0 Å². The van der Waals surface area contributed by atoms with E-state index in [1.807, 2.05) is 55.1 Å². The summed E-state index contributed by atoms with van der Waals surface area (Å²) in [7, 11) is 0. The fourth-order valence-electron chi connectivity index (χ4n) is 4.30. The van der Waals surface area contributed by atoms with Crippen LogP contribution in [0.15, 0.2) is 114 Å². The van der Waals surface area contributed by atoms with Gasteiger partial charge >= 0.3 is 124 Å². The summed E-state index contributed by atoms with van der Waals surface area (Å²) in [5, 5.41) is 2.40. The first-order chi connectivity index (χ1) is 17.9. The van der Waals surface area contributed by atoms with Crippen molar-refractivity contribution in [3.63, 3.8) is 0 Å². The van der Waals surface area contributed by atoms with Crippen molar-refractivity contribution in [1.82, 2.24) is 19.9 Å². The molecule has 0 radical (unpaired) electrons. The first-order valence-corrected chi connectivity index (χ1v) is 22.9. The van der Waals surface area contributed by atoms with Crippen LogP contribution in [-0.2, 0) is 0 Å². The zero-order valence-electron chi connectivity index (χ0n) is 21.1. The summed E-state index contributed by atoms with van der Waals surface area (Å²) >= 11 is 1.44. The Kier molecular flexibility index (Phi) is 7.62. The fourth-order valence-corrected chi connectivity index (χ4v) is 7.97. The minimum atomic E-state index is -2.06. The monoisotopic (exact) mass is 654 g/mol. The van der Waals surface area contributed by atoms with Crippen LogP contribution in [0.5, 0.6) is 0 Å². The summed E-state index contributed by atoms with van der Waals surface area (Å²) in [6, 6.07) is 25.2. The normalized spacial score (nSPS) is 11.2. The quantitative estimate of drug-likeness (QED) is 0.182. The van der Waals surface area contributed by atoms with E-state index < -0.39 is 18.4 Å². The Labute approximate surface area is 229 Å². The molecule has 4 aromatic heterocycles. The minimum absolute atomic E-state index is 1.00. The van der Waals surface area contributed by atoms with Gasteiger partial charge in [0.15, 0.2) is 0 Å². The van der Waals surface area contributed by atoms with Crippen molar-refractivity contribution in [1.29, 1.82) is 0 Å². The molecule has 4 nitrogen and oxygen atoms in total. The molecule has 4 heterocycles. The molecule has 6 heteroatoms. The van der Waals surface area contributed by atoms with Crippen molar-refractivity contribution in [2.24, 2.45) is 0 Å². The standard InChI is InChI=1S/C14H9BrN2.C14H9N2.3CH3.Sn/c15-11-1-2-14-13(9-11)12(5-8-17-14)10-3-6-16-7-4-10;1-2-4-14-13(3-1)12(7-10-16-14)11-5-8-15-9-6-11;;;;/h1-9H;2-10H;3*1H3;. The van der Waals surface area contributed by atoms with Gasteiger partial charge in [-0.15, -0.1) is 0 Å². The molecule has 0 N–H and O–H groups in total. The van der Waals surface area contributed by atoms with Crippen molar-refractivity contribution in [2.75, 3.05) is 0 Å². The molecule has 182 valence electrons. The van der Waals surface area contributed by atoms with E-state index >= 15 is 0 Å². The number of nitrogens with zero attached hydrogens (tertiary/aromatic N) is 4. The van der Waals surface area contributed by atoms with Gasteiger partial charge in [-0.2, -0.15) is 0 Å². The van der Waals surface area contributed by atoms with E-state index in [4.69, 9.17) is 0 Å². The van der Waals surface area contributed by atoms with E-state index in [2.05, 4.69) is 93.1 Å². The number of fused-ring (bicyclic) bond motifs is 2. The summed E-state index contributed by atoms with van der Waals surface area (Å²) in [5.41, 5.74) is 6.86. The molecule has 0 spiro atoms. The van der Waals surface area contributed by atoms with Crippen LogP contribution >= 0.6 is 15.9 Å². The van der Waals surface area contributed by atoms with Gasteiger partial charge in [0.25, 0.3) is 0 Å². The Morgan fingerprint density at radius 3 is 1.54 bits per heavy atom. The van der Waals surface area contributed by atoms with E-state index in [1.54, 1.807) is 12.4 Å². The first-order valence-electron chi connectivity index (χ1n) is 12.1. The van der Waals surface area contributed by atoms with Crippen molar-refractivity contribution >= 4 is 59.7 Å². The summed E-state index contributed by atoms with van der Waals surface area (Å²) in [6.07, 6.45) is 11.0. The van der Waals surface area contributed by atoms with Crippen molar-refractivity contribution in [3.8, 4) is 22.3 Å². The Bertz CT molecular complexity index is 1670. The van der Waals surface area contributed by atoms with E-state index in [9.17, 15) is 0 Å². The zero-order valence-corrected chi connectivity index (χ0v) is 25.5. The number of pyridine rings is 4. The molecule has 6 rings (SSSR count). The molecule has 37 heavy (non-hydrogen) atoms. The van der Waals surface area contributed by atoms with E-state index in [1.165, 1.54) is 25.7 Å². The van der Waals surface area contributed by atoms with Gasteiger partial charge in [-0.3, -0.25) is 9.97 Å². The van der Waals surface area contributed by atoms with Gasteiger partial charge in [-0.25, -0.2) is 0 Å². The molecule has 0 aliphatic carbocycles. The Balaban J connectivity index is 0.000000153. The van der Waals surface area contributed by atoms with Crippen LogP contribution in [0, 0.1) is 0 Å².